The van der Waals surface area contributed by atoms with E-state index in [1.54, 1.807) is 6.92 Å². The number of halogens is 2. The molecule has 0 radical (unpaired) electrons. The Bertz CT molecular complexity index is 495. The quantitative estimate of drug-likeness (QED) is 0.508. The van der Waals surface area contributed by atoms with Crippen LogP contribution in [0.5, 0.6) is 0 Å². The van der Waals surface area contributed by atoms with Crippen LogP contribution in [0.15, 0.2) is 17.0 Å². The summed E-state index contributed by atoms with van der Waals surface area (Å²) in [6, 6.07) is 1.15. The van der Waals surface area contributed by atoms with E-state index in [2.05, 4.69) is 0 Å². The van der Waals surface area contributed by atoms with Gasteiger partial charge in [0.2, 0.25) is 5.82 Å². The molecule has 0 spiro atoms. The van der Waals surface area contributed by atoms with Gasteiger partial charge in [0.05, 0.1) is 9.82 Å². The lowest BCUT2D eigenvalue weighted by molar-refractivity contribution is -0.390. The van der Waals surface area contributed by atoms with Crippen molar-refractivity contribution in [2.45, 2.75) is 23.5 Å². The molecule has 0 aliphatic carbocycles. The van der Waals surface area contributed by atoms with Crippen molar-refractivity contribution in [3.63, 3.8) is 0 Å². The highest BCUT2D eigenvalue weighted by Crippen LogP contribution is 2.35. The maximum atomic E-state index is 13.3. The highest BCUT2D eigenvalue weighted by atomic mass is 32.2. The molecule has 18 heavy (non-hydrogen) atoms. The van der Waals surface area contributed by atoms with Gasteiger partial charge in [-0.25, -0.2) is 4.39 Å². The second-order valence-electron chi connectivity index (χ2n) is 3.34. The molecule has 5 nitrogen and oxygen atoms in total. The van der Waals surface area contributed by atoms with Crippen molar-refractivity contribution >= 4 is 23.4 Å². The van der Waals surface area contributed by atoms with Crippen LogP contribution in [-0.4, -0.2) is 21.2 Å². The standard InChI is InChI=1S/C10H9F2NO4S/c1-2-7(10(14)15)18-8-4-5(11)3-6(12)9(8)13(16)17/h3-4,7H,2H2,1H3,(H,14,15). The number of carboxylic acids is 1. The van der Waals surface area contributed by atoms with Crippen LogP contribution in [0.2, 0.25) is 0 Å². The number of carbonyl (C=O) groups is 1. The smallest absolute Gasteiger partial charge is 0.318 e. The lowest BCUT2D eigenvalue weighted by Crippen LogP contribution is -2.15. The van der Waals surface area contributed by atoms with E-state index in [0.29, 0.717) is 17.8 Å². The molecule has 1 aromatic rings. The first-order chi connectivity index (χ1) is 8.36. The Morgan fingerprint density at radius 3 is 2.61 bits per heavy atom. The maximum absolute atomic E-state index is 13.3. The Morgan fingerprint density at radius 1 is 1.56 bits per heavy atom. The van der Waals surface area contributed by atoms with Gasteiger partial charge >= 0.3 is 11.7 Å². The molecule has 1 unspecified atom stereocenters. The van der Waals surface area contributed by atoms with Gasteiger partial charge in [-0.15, -0.1) is 11.8 Å². The van der Waals surface area contributed by atoms with Gasteiger partial charge in [-0.1, -0.05) is 6.92 Å². The Hall–Kier alpha value is -1.70. The molecule has 1 atom stereocenters. The van der Waals surface area contributed by atoms with E-state index >= 15 is 0 Å². The van der Waals surface area contributed by atoms with Crippen LogP contribution in [0.3, 0.4) is 0 Å². The molecular formula is C10H9F2NO4S. The molecule has 1 N–H and O–H groups in total. The molecule has 0 amide bonds. The molecule has 0 fully saturated rings. The van der Waals surface area contributed by atoms with Crippen LogP contribution in [0.1, 0.15) is 13.3 Å². The van der Waals surface area contributed by atoms with Gasteiger partial charge in [0.25, 0.3) is 0 Å². The van der Waals surface area contributed by atoms with E-state index < -0.39 is 33.5 Å². The number of rotatable bonds is 5. The second kappa shape index (κ2) is 5.76. The van der Waals surface area contributed by atoms with Gasteiger partial charge in [0, 0.05) is 6.07 Å². The fraction of sp³-hybridized carbons (Fsp3) is 0.300. The lowest BCUT2D eigenvalue weighted by atomic mass is 10.3. The van der Waals surface area contributed by atoms with Crippen LogP contribution in [0, 0.1) is 21.7 Å². The van der Waals surface area contributed by atoms with Gasteiger partial charge in [0.1, 0.15) is 11.1 Å². The lowest BCUT2D eigenvalue weighted by Gasteiger charge is -2.09. The van der Waals surface area contributed by atoms with Gasteiger partial charge in [-0.2, -0.15) is 4.39 Å². The molecule has 1 rings (SSSR count). The van der Waals surface area contributed by atoms with Gasteiger partial charge in [-0.05, 0) is 12.5 Å². The molecule has 0 aliphatic rings. The normalized spacial score (nSPS) is 12.2. The van der Waals surface area contributed by atoms with Crippen molar-refractivity contribution in [2.24, 2.45) is 0 Å². The monoisotopic (exact) mass is 277 g/mol. The Balaban J connectivity index is 3.22. The first-order valence-corrected chi connectivity index (χ1v) is 5.77. The van der Waals surface area contributed by atoms with Crippen LogP contribution in [0.4, 0.5) is 14.5 Å². The topological polar surface area (TPSA) is 80.4 Å². The highest BCUT2D eigenvalue weighted by Gasteiger charge is 2.26. The van der Waals surface area contributed by atoms with Crippen molar-refractivity contribution in [3.8, 4) is 0 Å². The van der Waals surface area contributed by atoms with Crippen molar-refractivity contribution in [3.05, 3.63) is 33.9 Å². The van der Waals surface area contributed by atoms with Crippen molar-refractivity contribution in [1.82, 2.24) is 0 Å². The van der Waals surface area contributed by atoms with Crippen LogP contribution in [-0.2, 0) is 4.79 Å². The van der Waals surface area contributed by atoms with Crippen LogP contribution in [0.25, 0.3) is 0 Å². The molecule has 1 aromatic carbocycles. The minimum Gasteiger partial charge on any atom is -0.480 e. The summed E-state index contributed by atoms with van der Waals surface area (Å²) in [4.78, 5) is 20.2. The Morgan fingerprint density at radius 2 is 2.17 bits per heavy atom. The zero-order valence-electron chi connectivity index (χ0n) is 9.22. The predicted molar refractivity (Wildman–Crippen MR) is 60.6 cm³/mol. The van der Waals surface area contributed by atoms with Gasteiger partial charge in [-0.3, -0.25) is 14.9 Å². The average Bonchev–Trinajstić information content (AvgIpc) is 2.23. The minimum absolute atomic E-state index is 0.176. The Kier molecular flexibility index (Phi) is 4.60. The number of hydrogen-bond acceptors (Lipinski definition) is 4. The third kappa shape index (κ3) is 3.16. The molecule has 98 valence electrons. The van der Waals surface area contributed by atoms with E-state index in [-0.39, 0.29) is 11.3 Å². The number of nitro groups is 1. The van der Waals surface area contributed by atoms with Crippen LogP contribution >= 0.6 is 11.8 Å². The summed E-state index contributed by atoms with van der Waals surface area (Å²) >= 11 is 0.559. The fourth-order valence-electron chi connectivity index (χ4n) is 1.27. The summed E-state index contributed by atoms with van der Waals surface area (Å²) in [5.74, 6) is -3.50. The van der Waals surface area contributed by atoms with Gasteiger partial charge in [0.15, 0.2) is 0 Å². The SMILES string of the molecule is CCC(Sc1cc(F)cc(F)c1[N+](=O)[O-])C(=O)O. The zero-order chi connectivity index (χ0) is 13.9. The number of benzene rings is 1. The molecule has 0 heterocycles. The first kappa shape index (κ1) is 14.4. The Labute approximate surface area is 105 Å². The van der Waals surface area contributed by atoms with E-state index in [1.807, 2.05) is 0 Å². The molecule has 0 saturated carbocycles. The maximum Gasteiger partial charge on any atom is 0.318 e. The summed E-state index contributed by atoms with van der Waals surface area (Å²) in [5, 5.41) is 18.5. The molecule has 0 saturated heterocycles. The first-order valence-electron chi connectivity index (χ1n) is 4.89. The molecule has 0 aromatic heterocycles. The third-order valence-electron chi connectivity index (χ3n) is 2.09. The fourth-order valence-corrected chi connectivity index (χ4v) is 2.31. The summed E-state index contributed by atoms with van der Waals surface area (Å²) in [6.07, 6.45) is 0.176. The molecule has 8 heteroatoms. The number of nitro benzene ring substituents is 1. The number of thioether (sulfide) groups is 1. The zero-order valence-corrected chi connectivity index (χ0v) is 10.0. The summed E-state index contributed by atoms with van der Waals surface area (Å²) in [7, 11) is 0. The largest absolute Gasteiger partial charge is 0.480 e. The van der Waals surface area contributed by atoms with Crippen LogP contribution < -0.4 is 0 Å². The van der Waals surface area contributed by atoms with Crippen molar-refractivity contribution in [2.75, 3.05) is 0 Å². The molecular weight excluding hydrogens is 268 g/mol. The summed E-state index contributed by atoms with van der Waals surface area (Å²) in [5.41, 5.74) is -0.902. The average molecular weight is 277 g/mol. The van der Waals surface area contributed by atoms with Crippen molar-refractivity contribution in [1.29, 1.82) is 0 Å². The molecule has 0 bridgehead atoms. The summed E-state index contributed by atoms with van der Waals surface area (Å²) in [6.45, 7) is 1.56. The van der Waals surface area contributed by atoms with E-state index in [0.717, 1.165) is 6.07 Å². The minimum atomic E-state index is -1.32. The number of aliphatic carboxylic acids is 1. The number of nitrogens with zero attached hydrogens (tertiary/aromatic N) is 1. The summed E-state index contributed by atoms with van der Waals surface area (Å²) < 4.78 is 26.3. The third-order valence-corrected chi connectivity index (χ3v) is 3.48. The van der Waals surface area contributed by atoms with Crippen molar-refractivity contribution < 1.29 is 23.6 Å². The van der Waals surface area contributed by atoms with E-state index in [1.165, 1.54) is 0 Å². The van der Waals surface area contributed by atoms with Gasteiger partial charge < -0.3 is 5.11 Å². The second-order valence-corrected chi connectivity index (χ2v) is 4.59. The number of carboxylic acid groups (broad SMARTS) is 1. The van der Waals surface area contributed by atoms with E-state index in [9.17, 15) is 23.7 Å². The molecule has 0 aliphatic heterocycles. The predicted octanol–water partition coefficient (Wildman–Crippen LogP) is 2.83. The highest BCUT2D eigenvalue weighted by molar-refractivity contribution is 8.00. The number of hydrogen-bond donors (Lipinski definition) is 1. The van der Waals surface area contributed by atoms with E-state index in [4.69, 9.17) is 5.11 Å².